The van der Waals surface area contributed by atoms with Crippen molar-refractivity contribution < 1.29 is 0 Å². The Bertz CT molecular complexity index is 234. The van der Waals surface area contributed by atoms with Gasteiger partial charge >= 0.3 is 0 Å². The number of rotatable bonds is 7. The van der Waals surface area contributed by atoms with E-state index in [2.05, 4.69) is 24.6 Å². The Balaban J connectivity index is 1.67. The second-order valence-corrected chi connectivity index (χ2v) is 6.72. The Morgan fingerprint density at radius 2 is 1.67 bits per heavy atom. The van der Waals surface area contributed by atoms with Gasteiger partial charge in [0.1, 0.15) is 0 Å². The topological polar surface area (TPSA) is 24.1 Å². The molecule has 0 spiro atoms. The van der Waals surface area contributed by atoms with Crippen molar-refractivity contribution in [2.75, 3.05) is 20.1 Å². The molecule has 0 radical (unpaired) electrons. The van der Waals surface area contributed by atoms with Crippen LogP contribution in [-0.4, -0.2) is 25.7 Å². The van der Waals surface area contributed by atoms with E-state index in [0.29, 0.717) is 11.0 Å². The van der Waals surface area contributed by atoms with Crippen molar-refractivity contribution in [1.82, 2.24) is 10.6 Å². The normalized spacial score (nSPS) is 25.7. The predicted molar refractivity (Wildman–Crippen MR) is 78.9 cm³/mol. The van der Waals surface area contributed by atoms with Gasteiger partial charge in [0.15, 0.2) is 0 Å². The van der Waals surface area contributed by atoms with Crippen LogP contribution in [0.2, 0.25) is 0 Å². The first kappa shape index (κ1) is 14.3. The number of hydrogen-bond donors (Lipinski definition) is 2. The zero-order chi connectivity index (χ0) is 12.9. The minimum atomic E-state index is 0.449. The molecule has 2 N–H and O–H groups in total. The van der Waals surface area contributed by atoms with Crippen LogP contribution < -0.4 is 10.6 Å². The molecule has 106 valence electrons. The zero-order valence-electron chi connectivity index (χ0n) is 12.5. The van der Waals surface area contributed by atoms with Crippen LogP contribution in [0.15, 0.2) is 0 Å². The summed E-state index contributed by atoms with van der Waals surface area (Å²) in [6.45, 7) is 4.81. The fraction of sp³-hybridized carbons (Fsp3) is 1.00. The molecule has 0 aromatic carbocycles. The molecule has 2 rings (SSSR count). The number of hydrogen-bond acceptors (Lipinski definition) is 2. The van der Waals surface area contributed by atoms with Crippen molar-refractivity contribution in [2.24, 2.45) is 5.41 Å². The Morgan fingerprint density at radius 3 is 2.17 bits per heavy atom. The summed E-state index contributed by atoms with van der Waals surface area (Å²) in [5.41, 5.74) is 1.11. The van der Waals surface area contributed by atoms with Crippen molar-refractivity contribution in [1.29, 1.82) is 0 Å². The van der Waals surface area contributed by atoms with E-state index in [4.69, 9.17) is 0 Å². The molecule has 2 heteroatoms. The summed E-state index contributed by atoms with van der Waals surface area (Å²) in [7, 11) is 2.16. The van der Waals surface area contributed by atoms with Gasteiger partial charge in [-0.1, -0.05) is 32.6 Å². The minimum Gasteiger partial charge on any atom is -0.316 e. The fourth-order valence-corrected chi connectivity index (χ4v) is 3.87. The van der Waals surface area contributed by atoms with Crippen LogP contribution in [0.1, 0.15) is 71.1 Å². The molecule has 2 nitrogen and oxygen atoms in total. The first-order chi connectivity index (χ1) is 8.74. The van der Waals surface area contributed by atoms with Gasteiger partial charge < -0.3 is 10.6 Å². The van der Waals surface area contributed by atoms with Gasteiger partial charge in [0, 0.05) is 12.1 Å². The van der Waals surface area contributed by atoms with Gasteiger partial charge in [-0.05, 0) is 57.5 Å². The average molecular weight is 252 g/mol. The lowest BCUT2D eigenvalue weighted by molar-refractivity contribution is 0.121. The zero-order valence-corrected chi connectivity index (χ0v) is 12.5. The highest BCUT2D eigenvalue weighted by atomic mass is 15.0. The van der Waals surface area contributed by atoms with Gasteiger partial charge in [0.25, 0.3) is 0 Å². The van der Waals surface area contributed by atoms with Crippen LogP contribution in [0.3, 0.4) is 0 Å². The SMILES string of the molecule is CCC1(CNCCC2(NC)CCCCC2)CCC1. The van der Waals surface area contributed by atoms with Crippen LogP contribution in [0, 0.1) is 5.41 Å². The molecule has 2 aliphatic carbocycles. The van der Waals surface area contributed by atoms with Crippen molar-refractivity contribution in [2.45, 2.75) is 76.7 Å². The highest BCUT2D eigenvalue weighted by Gasteiger charge is 2.35. The summed E-state index contributed by atoms with van der Waals surface area (Å²) in [4.78, 5) is 0. The number of nitrogens with one attached hydrogen (secondary N) is 2. The highest BCUT2D eigenvalue weighted by Crippen LogP contribution is 2.43. The maximum absolute atomic E-state index is 3.75. The van der Waals surface area contributed by atoms with E-state index in [0.717, 1.165) is 0 Å². The monoisotopic (exact) mass is 252 g/mol. The molecule has 0 amide bonds. The summed E-state index contributed by atoms with van der Waals surface area (Å²) >= 11 is 0. The van der Waals surface area contributed by atoms with Gasteiger partial charge in [0.2, 0.25) is 0 Å². The van der Waals surface area contributed by atoms with Crippen LogP contribution in [-0.2, 0) is 0 Å². The van der Waals surface area contributed by atoms with Crippen molar-refractivity contribution >= 4 is 0 Å². The van der Waals surface area contributed by atoms with Gasteiger partial charge in [-0.25, -0.2) is 0 Å². The van der Waals surface area contributed by atoms with E-state index in [-0.39, 0.29) is 0 Å². The summed E-state index contributed by atoms with van der Waals surface area (Å²) in [5, 5.41) is 7.36. The van der Waals surface area contributed by atoms with Crippen LogP contribution in [0.4, 0.5) is 0 Å². The third-order valence-electron chi connectivity index (χ3n) is 5.79. The molecular formula is C16H32N2. The first-order valence-corrected chi connectivity index (χ1v) is 8.14. The molecule has 0 aromatic rings. The molecule has 2 fully saturated rings. The average Bonchev–Trinajstić information content (AvgIpc) is 2.38. The van der Waals surface area contributed by atoms with E-state index in [1.165, 1.54) is 77.3 Å². The quantitative estimate of drug-likeness (QED) is 0.678. The molecule has 0 atom stereocenters. The van der Waals surface area contributed by atoms with Crippen LogP contribution >= 0.6 is 0 Å². The molecular weight excluding hydrogens is 220 g/mol. The molecule has 18 heavy (non-hydrogen) atoms. The Morgan fingerprint density at radius 1 is 0.944 bits per heavy atom. The molecule has 0 unspecified atom stereocenters. The van der Waals surface area contributed by atoms with Gasteiger partial charge in [0.05, 0.1) is 0 Å². The summed E-state index contributed by atoms with van der Waals surface area (Å²) in [6, 6.07) is 0. The second kappa shape index (κ2) is 6.38. The lowest BCUT2D eigenvalue weighted by atomic mass is 9.67. The fourth-order valence-electron chi connectivity index (χ4n) is 3.87. The van der Waals surface area contributed by atoms with Crippen LogP contribution in [0.5, 0.6) is 0 Å². The molecule has 0 bridgehead atoms. The molecule has 0 aromatic heterocycles. The Labute approximate surface area is 113 Å². The molecule has 2 aliphatic rings. The second-order valence-electron chi connectivity index (χ2n) is 6.72. The van der Waals surface area contributed by atoms with Crippen LogP contribution in [0.25, 0.3) is 0 Å². The summed E-state index contributed by atoms with van der Waals surface area (Å²) in [5.74, 6) is 0. The summed E-state index contributed by atoms with van der Waals surface area (Å²) in [6.07, 6.45) is 14.1. The largest absolute Gasteiger partial charge is 0.316 e. The lowest BCUT2D eigenvalue weighted by Crippen LogP contribution is -2.47. The standard InChI is InChI=1S/C16H32N2/c1-3-15(8-7-9-15)14-18-13-12-16(17-2)10-5-4-6-11-16/h17-18H,3-14H2,1-2H3. The minimum absolute atomic E-state index is 0.449. The first-order valence-electron chi connectivity index (χ1n) is 8.14. The van der Waals surface area contributed by atoms with E-state index < -0.39 is 0 Å². The molecule has 0 heterocycles. The molecule has 0 aliphatic heterocycles. The lowest BCUT2D eigenvalue weighted by Gasteiger charge is -2.42. The predicted octanol–water partition coefficient (Wildman–Crippen LogP) is 3.47. The third-order valence-corrected chi connectivity index (χ3v) is 5.79. The van der Waals surface area contributed by atoms with E-state index in [1.807, 2.05) is 0 Å². The van der Waals surface area contributed by atoms with Gasteiger partial charge in [-0.3, -0.25) is 0 Å². The van der Waals surface area contributed by atoms with E-state index in [9.17, 15) is 0 Å². The molecule has 2 saturated carbocycles. The third kappa shape index (κ3) is 3.27. The maximum Gasteiger partial charge on any atom is 0.0190 e. The summed E-state index contributed by atoms with van der Waals surface area (Å²) < 4.78 is 0. The maximum atomic E-state index is 3.75. The van der Waals surface area contributed by atoms with Crippen molar-refractivity contribution in [3.05, 3.63) is 0 Å². The highest BCUT2D eigenvalue weighted by molar-refractivity contribution is 4.92. The molecule has 0 saturated heterocycles. The Hall–Kier alpha value is -0.0800. The van der Waals surface area contributed by atoms with Gasteiger partial charge in [-0.2, -0.15) is 0 Å². The Kier molecular flexibility index (Phi) is 5.08. The van der Waals surface area contributed by atoms with E-state index in [1.54, 1.807) is 0 Å². The van der Waals surface area contributed by atoms with E-state index >= 15 is 0 Å². The van der Waals surface area contributed by atoms with Crippen molar-refractivity contribution in [3.8, 4) is 0 Å². The smallest absolute Gasteiger partial charge is 0.0190 e. The van der Waals surface area contributed by atoms with Gasteiger partial charge in [-0.15, -0.1) is 0 Å². The van der Waals surface area contributed by atoms with Crippen molar-refractivity contribution in [3.63, 3.8) is 0 Å².